The van der Waals surface area contributed by atoms with Gasteiger partial charge in [-0.3, -0.25) is 9.59 Å². The minimum Gasteiger partial charge on any atom is -0.497 e. The number of amides is 2. The number of hydrogen-bond acceptors (Lipinski definition) is 4. The third-order valence-electron chi connectivity index (χ3n) is 5.94. The van der Waals surface area contributed by atoms with Crippen LogP contribution in [0.25, 0.3) is 0 Å². The normalized spacial score (nSPS) is 11.7. The van der Waals surface area contributed by atoms with Gasteiger partial charge in [0.05, 0.1) is 12.9 Å². The van der Waals surface area contributed by atoms with E-state index in [1.54, 1.807) is 24.1 Å². The van der Waals surface area contributed by atoms with Crippen LogP contribution in [-0.4, -0.2) is 42.2 Å². The number of methoxy groups -OCH3 is 1. The van der Waals surface area contributed by atoms with E-state index in [1.807, 2.05) is 74.5 Å². The summed E-state index contributed by atoms with van der Waals surface area (Å²) in [5.41, 5.74) is 2.78. The molecule has 3 aromatic rings. The highest BCUT2D eigenvalue weighted by Crippen LogP contribution is 2.26. The second kappa shape index (κ2) is 15.1. The van der Waals surface area contributed by atoms with Crippen LogP contribution in [0.2, 0.25) is 10.0 Å². The predicted octanol–water partition coefficient (Wildman–Crippen LogP) is 6.65. The van der Waals surface area contributed by atoms with Crippen molar-refractivity contribution in [2.75, 3.05) is 19.4 Å². The third-order valence-corrected chi connectivity index (χ3v) is 7.49. The summed E-state index contributed by atoms with van der Waals surface area (Å²) in [7, 11) is 1.61. The molecule has 38 heavy (non-hydrogen) atoms. The van der Waals surface area contributed by atoms with Gasteiger partial charge in [0.15, 0.2) is 0 Å². The number of carbonyl (C=O) groups excluding carboxylic acids is 2. The molecule has 0 aliphatic rings. The predicted molar refractivity (Wildman–Crippen MR) is 158 cm³/mol. The summed E-state index contributed by atoms with van der Waals surface area (Å²) in [5, 5.41) is 4.19. The van der Waals surface area contributed by atoms with E-state index in [0.29, 0.717) is 40.4 Å². The zero-order valence-corrected chi connectivity index (χ0v) is 24.3. The first-order valence-electron chi connectivity index (χ1n) is 12.5. The molecule has 0 bridgehead atoms. The number of rotatable bonds is 13. The Morgan fingerprint density at radius 1 is 0.974 bits per heavy atom. The molecule has 3 rings (SSSR count). The van der Waals surface area contributed by atoms with Gasteiger partial charge in [-0.15, -0.1) is 11.8 Å². The fraction of sp³-hybridized carbons (Fsp3) is 0.333. The monoisotopic (exact) mass is 572 g/mol. The Labute approximate surface area is 239 Å². The Bertz CT molecular complexity index is 1210. The van der Waals surface area contributed by atoms with Gasteiger partial charge in [0.2, 0.25) is 11.8 Å². The Kier molecular flexibility index (Phi) is 11.8. The molecule has 0 aliphatic heterocycles. The average Bonchev–Trinajstić information content (AvgIpc) is 2.91. The van der Waals surface area contributed by atoms with Crippen molar-refractivity contribution in [1.82, 2.24) is 10.2 Å². The van der Waals surface area contributed by atoms with Crippen LogP contribution in [0.5, 0.6) is 5.75 Å². The first-order valence-corrected chi connectivity index (χ1v) is 14.4. The molecule has 2 amide bonds. The van der Waals surface area contributed by atoms with Crippen molar-refractivity contribution in [1.29, 1.82) is 0 Å². The van der Waals surface area contributed by atoms with Crippen LogP contribution in [-0.2, 0) is 28.3 Å². The molecule has 0 spiro atoms. The summed E-state index contributed by atoms with van der Waals surface area (Å²) in [5.74, 6) is 1.46. The fourth-order valence-electron chi connectivity index (χ4n) is 3.91. The minimum atomic E-state index is -0.672. The van der Waals surface area contributed by atoms with Gasteiger partial charge in [-0.2, -0.15) is 0 Å². The van der Waals surface area contributed by atoms with Crippen LogP contribution in [0, 0.1) is 5.92 Å². The molecule has 1 N–H and O–H groups in total. The molecular weight excluding hydrogens is 539 g/mol. The maximum Gasteiger partial charge on any atom is 0.243 e. The molecule has 202 valence electrons. The quantitative estimate of drug-likeness (QED) is 0.249. The van der Waals surface area contributed by atoms with Gasteiger partial charge in [0.25, 0.3) is 0 Å². The average molecular weight is 574 g/mol. The van der Waals surface area contributed by atoms with Crippen molar-refractivity contribution in [2.45, 2.75) is 38.6 Å². The van der Waals surface area contributed by atoms with Gasteiger partial charge in [0.1, 0.15) is 11.8 Å². The molecule has 0 aliphatic carbocycles. The fourth-order valence-corrected chi connectivity index (χ4v) is 5.38. The van der Waals surface area contributed by atoms with Crippen molar-refractivity contribution >= 4 is 46.8 Å². The lowest BCUT2D eigenvalue weighted by atomic mass is 10.0. The number of hydrogen-bond donors (Lipinski definition) is 1. The van der Waals surface area contributed by atoms with Crippen LogP contribution in [0.4, 0.5) is 0 Å². The maximum atomic E-state index is 13.7. The standard InChI is InChI=1S/C30H34Cl2N2O3S/c1-21(2)17-33-30(36)28(15-22-8-5-4-6-9-22)34(18-23-10-7-11-26(14-23)37-3)29(35)20-38-19-24-12-13-25(31)16-27(24)32/h4-14,16,21,28H,15,17-20H2,1-3H3,(H,33,36). The number of nitrogens with zero attached hydrogens (tertiary/aromatic N) is 1. The first-order chi connectivity index (χ1) is 18.3. The molecule has 0 radical (unpaired) electrons. The highest BCUT2D eigenvalue weighted by atomic mass is 35.5. The lowest BCUT2D eigenvalue weighted by Crippen LogP contribution is -2.51. The Balaban J connectivity index is 1.86. The summed E-state index contributed by atoms with van der Waals surface area (Å²) < 4.78 is 5.39. The number of carbonyl (C=O) groups is 2. The van der Waals surface area contributed by atoms with E-state index < -0.39 is 6.04 Å². The van der Waals surface area contributed by atoms with E-state index in [-0.39, 0.29) is 24.1 Å². The van der Waals surface area contributed by atoms with Crippen LogP contribution < -0.4 is 10.1 Å². The SMILES string of the molecule is COc1cccc(CN(C(=O)CSCc2ccc(Cl)cc2Cl)C(Cc2ccccc2)C(=O)NCC(C)C)c1. The molecule has 5 nitrogen and oxygen atoms in total. The van der Waals surface area contributed by atoms with Gasteiger partial charge in [-0.25, -0.2) is 0 Å². The Hall–Kier alpha value is -2.67. The second-order valence-corrected chi connectivity index (χ2v) is 11.3. The summed E-state index contributed by atoms with van der Waals surface area (Å²) in [6, 6.07) is 22.1. The minimum absolute atomic E-state index is 0.122. The number of ether oxygens (including phenoxy) is 1. The zero-order valence-electron chi connectivity index (χ0n) is 22.0. The molecule has 0 saturated carbocycles. The van der Waals surface area contributed by atoms with E-state index in [2.05, 4.69) is 5.32 Å². The zero-order chi connectivity index (χ0) is 27.5. The van der Waals surface area contributed by atoms with Crippen LogP contribution in [0.15, 0.2) is 72.8 Å². The van der Waals surface area contributed by atoms with Gasteiger partial charge < -0.3 is 15.0 Å². The number of nitrogens with one attached hydrogen (secondary N) is 1. The van der Waals surface area contributed by atoms with E-state index in [9.17, 15) is 9.59 Å². The number of thioether (sulfide) groups is 1. The summed E-state index contributed by atoms with van der Waals surface area (Å²) in [6.07, 6.45) is 0.411. The lowest BCUT2D eigenvalue weighted by molar-refractivity contribution is -0.139. The summed E-state index contributed by atoms with van der Waals surface area (Å²) in [6.45, 7) is 4.91. The number of benzene rings is 3. The van der Waals surface area contributed by atoms with Crippen LogP contribution in [0.3, 0.4) is 0 Å². The van der Waals surface area contributed by atoms with E-state index in [0.717, 1.165) is 16.7 Å². The molecule has 0 fully saturated rings. The van der Waals surface area contributed by atoms with Crippen molar-refractivity contribution in [2.24, 2.45) is 5.92 Å². The topological polar surface area (TPSA) is 58.6 Å². The first kappa shape index (κ1) is 29.9. The third kappa shape index (κ3) is 9.26. The molecule has 0 aromatic heterocycles. The van der Waals surface area contributed by atoms with E-state index in [1.165, 1.54) is 11.8 Å². The summed E-state index contributed by atoms with van der Waals surface area (Å²) in [4.78, 5) is 29.0. The van der Waals surface area contributed by atoms with Crippen molar-refractivity contribution in [3.05, 3.63) is 99.5 Å². The second-order valence-electron chi connectivity index (χ2n) is 9.45. The molecule has 0 heterocycles. The van der Waals surface area contributed by atoms with Gasteiger partial charge in [0, 0.05) is 35.3 Å². The molecule has 3 aromatic carbocycles. The molecule has 8 heteroatoms. The van der Waals surface area contributed by atoms with Crippen molar-refractivity contribution < 1.29 is 14.3 Å². The van der Waals surface area contributed by atoms with Gasteiger partial charge in [-0.1, -0.05) is 85.6 Å². The Morgan fingerprint density at radius 2 is 1.71 bits per heavy atom. The van der Waals surface area contributed by atoms with Crippen LogP contribution >= 0.6 is 35.0 Å². The lowest BCUT2D eigenvalue weighted by Gasteiger charge is -2.32. The smallest absolute Gasteiger partial charge is 0.243 e. The molecule has 0 saturated heterocycles. The van der Waals surface area contributed by atoms with E-state index >= 15 is 0 Å². The highest BCUT2D eigenvalue weighted by molar-refractivity contribution is 7.99. The molecule has 1 unspecified atom stereocenters. The van der Waals surface area contributed by atoms with Crippen molar-refractivity contribution in [3.8, 4) is 5.75 Å². The molecular formula is C30H34Cl2N2O3S. The van der Waals surface area contributed by atoms with Crippen LogP contribution in [0.1, 0.15) is 30.5 Å². The Morgan fingerprint density at radius 3 is 2.39 bits per heavy atom. The highest BCUT2D eigenvalue weighted by Gasteiger charge is 2.30. The van der Waals surface area contributed by atoms with Gasteiger partial charge >= 0.3 is 0 Å². The summed E-state index contributed by atoms with van der Waals surface area (Å²) >= 11 is 13.8. The molecule has 1 atom stereocenters. The maximum absolute atomic E-state index is 13.7. The largest absolute Gasteiger partial charge is 0.497 e. The number of halogens is 2. The van der Waals surface area contributed by atoms with Crippen molar-refractivity contribution in [3.63, 3.8) is 0 Å². The van der Waals surface area contributed by atoms with Gasteiger partial charge in [-0.05, 0) is 46.9 Å². The van der Waals surface area contributed by atoms with E-state index in [4.69, 9.17) is 27.9 Å².